The number of hydrogen-bond donors (Lipinski definition) is 0. The molecule has 1 aliphatic rings. The van der Waals surface area contributed by atoms with Gasteiger partial charge in [-0.1, -0.05) is 0 Å². The molecule has 0 radical (unpaired) electrons. The van der Waals surface area contributed by atoms with Crippen LogP contribution in [0.1, 0.15) is 11.4 Å². The maximum atomic E-state index is 4.38. The predicted molar refractivity (Wildman–Crippen MR) is 81.6 cm³/mol. The molecule has 0 bridgehead atoms. The molecule has 3 heterocycles. The third-order valence-corrected chi connectivity index (χ3v) is 4.78. The standard InChI is InChI=1S/C12H17BrN8/c1-8-10(13)9(2)21(18-8)12-16-14-11(15-17-12)20-6-4-19(3)5-7-20/h4-7H2,1-3H3. The fraction of sp³-hybridized carbons (Fsp3) is 0.583. The molecule has 0 saturated carbocycles. The molecule has 112 valence electrons. The number of aryl methyl sites for hydroxylation is 1. The van der Waals surface area contributed by atoms with Crippen molar-refractivity contribution in [2.24, 2.45) is 0 Å². The van der Waals surface area contributed by atoms with Gasteiger partial charge in [0.25, 0.3) is 11.9 Å². The number of likely N-dealkylation sites (N-methyl/N-ethyl adjacent to an activating group) is 1. The monoisotopic (exact) mass is 352 g/mol. The summed E-state index contributed by atoms with van der Waals surface area (Å²) in [6.07, 6.45) is 0. The van der Waals surface area contributed by atoms with Crippen LogP contribution in [0.15, 0.2) is 4.47 Å². The Balaban J connectivity index is 1.82. The van der Waals surface area contributed by atoms with Crippen molar-refractivity contribution in [3.63, 3.8) is 0 Å². The smallest absolute Gasteiger partial charge is 0.289 e. The highest BCUT2D eigenvalue weighted by atomic mass is 79.9. The van der Waals surface area contributed by atoms with Gasteiger partial charge in [-0.2, -0.15) is 9.78 Å². The molecule has 0 unspecified atom stereocenters. The lowest BCUT2D eigenvalue weighted by Crippen LogP contribution is -2.45. The SMILES string of the molecule is Cc1nn(-c2nnc(N3CCN(C)CC3)nn2)c(C)c1Br. The Kier molecular flexibility index (Phi) is 3.85. The molecule has 9 heteroatoms. The first-order valence-corrected chi connectivity index (χ1v) is 7.58. The van der Waals surface area contributed by atoms with E-state index in [4.69, 9.17) is 0 Å². The van der Waals surface area contributed by atoms with Gasteiger partial charge < -0.3 is 9.80 Å². The predicted octanol–water partition coefficient (Wildman–Crippen LogP) is 0.583. The van der Waals surface area contributed by atoms with E-state index >= 15 is 0 Å². The number of halogens is 1. The Bertz CT molecular complexity index is 629. The molecular weight excluding hydrogens is 336 g/mol. The van der Waals surface area contributed by atoms with Gasteiger partial charge in [0, 0.05) is 26.2 Å². The third-order valence-electron chi connectivity index (χ3n) is 3.64. The summed E-state index contributed by atoms with van der Waals surface area (Å²) in [5.74, 6) is 0.964. The Hall–Kier alpha value is -1.61. The minimum Gasteiger partial charge on any atom is -0.336 e. The molecule has 0 aliphatic carbocycles. The van der Waals surface area contributed by atoms with Crippen LogP contribution in [0.5, 0.6) is 0 Å². The average molecular weight is 353 g/mol. The number of hydrogen-bond acceptors (Lipinski definition) is 7. The zero-order valence-corrected chi connectivity index (χ0v) is 13.9. The Morgan fingerprint density at radius 2 is 1.48 bits per heavy atom. The van der Waals surface area contributed by atoms with Gasteiger partial charge in [0.15, 0.2) is 0 Å². The highest BCUT2D eigenvalue weighted by molar-refractivity contribution is 9.10. The molecule has 8 nitrogen and oxygen atoms in total. The number of aromatic nitrogens is 6. The van der Waals surface area contributed by atoms with Crippen LogP contribution in [0.25, 0.3) is 5.95 Å². The van der Waals surface area contributed by atoms with Crippen molar-refractivity contribution in [3.05, 3.63) is 15.9 Å². The van der Waals surface area contributed by atoms with Gasteiger partial charge >= 0.3 is 0 Å². The molecule has 21 heavy (non-hydrogen) atoms. The van der Waals surface area contributed by atoms with E-state index in [2.05, 4.69) is 58.3 Å². The van der Waals surface area contributed by atoms with Gasteiger partial charge in [0.1, 0.15) is 0 Å². The van der Waals surface area contributed by atoms with E-state index in [1.165, 1.54) is 0 Å². The molecule has 0 aromatic carbocycles. The van der Waals surface area contributed by atoms with E-state index in [1.54, 1.807) is 4.68 Å². The molecular formula is C12H17BrN8. The lowest BCUT2D eigenvalue weighted by Gasteiger charge is -2.31. The van der Waals surface area contributed by atoms with Gasteiger partial charge in [0.05, 0.1) is 15.9 Å². The van der Waals surface area contributed by atoms with Crippen molar-refractivity contribution in [2.75, 3.05) is 38.1 Å². The van der Waals surface area contributed by atoms with Gasteiger partial charge in [-0.3, -0.25) is 0 Å². The van der Waals surface area contributed by atoms with Gasteiger partial charge in [-0.15, -0.1) is 20.4 Å². The van der Waals surface area contributed by atoms with E-state index < -0.39 is 0 Å². The van der Waals surface area contributed by atoms with Gasteiger partial charge in [-0.05, 0) is 36.8 Å². The van der Waals surface area contributed by atoms with Crippen LogP contribution in [0.3, 0.4) is 0 Å². The van der Waals surface area contributed by atoms with Crippen LogP contribution in [-0.2, 0) is 0 Å². The second kappa shape index (κ2) is 5.64. The zero-order chi connectivity index (χ0) is 15.0. The molecule has 0 spiro atoms. The van der Waals surface area contributed by atoms with Crippen molar-refractivity contribution in [3.8, 4) is 5.95 Å². The van der Waals surface area contributed by atoms with Crippen LogP contribution >= 0.6 is 15.9 Å². The van der Waals surface area contributed by atoms with Crippen LogP contribution in [-0.4, -0.2) is 68.3 Å². The van der Waals surface area contributed by atoms with Crippen LogP contribution in [0.2, 0.25) is 0 Å². The van der Waals surface area contributed by atoms with Crippen LogP contribution in [0, 0.1) is 13.8 Å². The molecule has 1 saturated heterocycles. The summed E-state index contributed by atoms with van der Waals surface area (Å²) >= 11 is 3.49. The van der Waals surface area contributed by atoms with Crippen molar-refractivity contribution in [1.29, 1.82) is 0 Å². The maximum absolute atomic E-state index is 4.38. The van der Waals surface area contributed by atoms with Crippen molar-refractivity contribution < 1.29 is 0 Å². The number of piperazine rings is 1. The maximum Gasteiger partial charge on any atom is 0.289 e. The molecule has 1 aliphatic heterocycles. The number of anilines is 1. The summed E-state index contributed by atoms with van der Waals surface area (Å²) in [6, 6.07) is 0. The van der Waals surface area contributed by atoms with Gasteiger partial charge in [0.2, 0.25) is 0 Å². The lowest BCUT2D eigenvalue weighted by molar-refractivity contribution is 0.310. The second-order valence-corrected chi connectivity index (χ2v) is 5.98. The fourth-order valence-electron chi connectivity index (χ4n) is 2.25. The molecule has 0 atom stereocenters. The third kappa shape index (κ3) is 2.75. The largest absolute Gasteiger partial charge is 0.336 e. The normalized spacial score (nSPS) is 16.5. The first-order chi connectivity index (χ1) is 10.1. The van der Waals surface area contributed by atoms with Crippen molar-refractivity contribution >= 4 is 21.9 Å². The first-order valence-electron chi connectivity index (χ1n) is 6.79. The Morgan fingerprint density at radius 3 is 2.00 bits per heavy atom. The highest BCUT2D eigenvalue weighted by Gasteiger charge is 2.18. The summed E-state index contributed by atoms with van der Waals surface area (Å²) in [6.45, 7) is 7.65. The summed E-state index contributed by atoms with van der Waals surface area (Å²) in [5.41, 5.74) is 1.82. The zero-order valence-electron chi connectivity index (χ0n) is 12.3. The molecule has 0 N–H and O–H groups in total. The van der Waals surface area contributed by atoms with E-state index in [1.807, 2.05) is 13.8 Å². The van der Waals surface area contributed by atoms with E-state index in [-0.39, 0.29) is 0 Å². The quantitative estimate of drug-likeness (QED) is 0.782. The molecule has 2 aromatic heterocycles. The van der Waals surface area contributed by atoms with E-state index in [0.29, 0.717) is 11.9 Å². The Morgan fingerprint density at radius 1 is 0.905 bits per heavy atom. The van der Waals surface area contributed by atoms with E-state index in [0.717, 1.165) is 42.0 Å². The second-order valence-electron chi connectivity index (χ2n) is 5.19. The molecule has 0 amide bonds. The van der Waals surface area contributed by atoms with Crippen molar-refractivity contribution in [1.82, 2.24) is 35.1 Å². The molecule has 3 rings (SSSR count). The van der Waals surface area contributed by atoms with Crippen LogP contribution < -0.4 is 4.90 Å². The first kappa shape index (κ1) is 14.3. The topological polar surface area (TPSA) is 75.9 Å². The number of nitrogens with zero attached hydrogens (tertiary/aromatic N) is 8. The minimum atomic E-state index is 0.388. The van der Waals surface area contributed by atoms with Gasteiger partial charge in [-0.25, -0.2) is 0 Å². The average Bonchev–Trinajstić information content (AvgIpc) is 2.76. The molecule has 1 fully saturated rings. The Labute approximate surface area is 131 Å². The van der Waals surface area contributed by atoms with Crippen LogP contribution in [0.4, 0.5) is 5.95 Å². The minimum absolute atomic E-state index is 0.388. The fourth-order valence-corrected chi connectivity index (χ4v) is 2.50. The number of rotatable bonds is 2. The van der Waals surface area contributed by atoms with Crippen molar-refractivity contribution in [2.45, 2.75) is 13.8 Å². The highest BCUT2D eigenvalue weighted by Crippen LogP contribution is 2.21. The molecule has 2 aromatic rings. The summed E-state index contributed by atoms with van der Waals surface area (Å²) < 4.78 is 2.60. The summed E-state index contributed by atoms with van der Waals surface area (Å²) in [4.78, 5) is 4.38. The van der Waals surface area contributed by atoms with E-state index in [9.17, 15) is 0 Å². The summed E-state index contributed by atoms with van der Waals surface area (Å²) in [7, 11) is 2.11. The summed E-state index contributed by atoms with van der Waals surface area (Å²) in [5, 5.41) is 21.1. The lowest BCUT2D eigenvalue weighted by atomic mass is 10.3.